The summed E-state index contributed by atoms with van der Waals surface area (Å²) in [6, 6.07) is 2.32. The van der Waals surface area contributed by atoms with Crippen LogP contribution in [0, 0.1) is 5.92 Å². The molecule has 1 fully saturated rings. The summed E-state index contributed by atoms with van der Waals surface area (Å²) in [5, 5.41) is 19.5. The van der Waals surface area contributed by atoms with E-state index in [0.29, 0.717) is 11.4 Å². The number of carboxylic acids is 1. The number of amides is 2. The molecule has 1 aromatic heterocycles. The molecule has 1 saturated heterocycles. The molecule has 2 amide bonds. The van der Waals surface area contributed by atoms with Crippen molar-refractivity contribution in [2.75, 3.05) is 5.75 Å². The van der Waals surface area contributed by atoms with E-state index in [-0.39, 0.29) is 23.9 Å². The number of hydrogen-bond acceptors (Lipinski definition) is 5. The van der Waals surface area contributed by atoms with E-state index in [9.17, 15) is 14.7 Å². The maximum absolute atomic E-state index is 12.3. The summed E-state index contributed by atoms with van der Waals surface area (Å²) in [7, 11) is 0. The highest BCUT2D eigenvalue weighted by molar-refractivity contribution is 8.00. The third-order valence-corrected chi connectivity index (χ3v) is 4.79. The van der Waals surface area contributed by atoms with Crippen molar-refractivity contribution in [2.45, 2.75) is 31.8 Å². The molecule has 1 aliphatic rings. The van der Waals surface area contributed by atoms with E-state index in [1.807, 2.05) is 13.8 Å². The van der Waals surface area contributed by atoms with E-state index in [4.69, 9.17) is 0 Å². The van der Waals surface area contributed by atoms with Crippen LogP contribution in [0.4, 0.5) is 4.79 Å². The molecule has 2 N–H and O–H groups in total. The van der Waals surface area contributed by atoms with Crippen LogP contribution < -0.4 is 5.32 Å². The number of rotatable bonds is 4. The van der Waals surface area contributed by atoms with Gasteiger partial charge in [0.15, 0.2) is 0 Å². The Morgan fingerprint density at radius 3 is 2.90 bits per heavy atom. The Hall–Kier alpha value is -1.83. The fraction of sp³-hybridized carbons (Fsp3) is 0.538. The third kappa shape index (κ3) is 3.63. The van der Waals surface area contributed by atoms with Gasteiger partial charge in [-0.2, -0.15) is 10.2 Å². The monoisotopic (exact) mass is 310 g/mol. The molecular weight excluding hydrogens is 292 g/mol. The van der Waals surface area contributed by atoms with Crippen LogP contribution in [0.5, 0.6) is 0 Å². The topological polar surface area (TPSA) is 95.4 Å². The zero-order valence-electron chi connectivity index (χ0n) is 11.9. The molecule has 2 heterocycles. The van der Waals surface area contributed by atoms with E-state index >= 15 is 0 Å². The second-order valence-electron chi connectivity index (χ2n) is 5.10. The van der Waals surface area contributed by atoms with Crippen LogP contribution in [0.1, 0.15) is 19.5 Å². The van der Waals surface area contributed by atoms with E-state index in [1.165, 1.54) is 16.7 Å². The SMILES string of the molecule is CC(C)C1SCC(C(=O)O)N1C(=O)NCc1cccnn1. The van der Waals surface area contributed by atoms with Crippen molar-refractivity contribution in [3.05, 3.63) is 24.0 Å². The molecule has 2 atom stereocenters. The third-order valence-electron chi connectivity index (χ3n) is 3.17. The van der Waals surface area contributed by atoms with Gasteiger partial charge >= 0.3 is 12.0 Å². The molecule has 0 aromatic carbocycles. The number of aromatic nitrogens is 2. The molecule has 7 nitrogen and oxygen atoms in total. The fourth-order valence-electron chi connectivity index (χ4n) is 2.17. The Morgan fingerprint density at radius 1 is 1.57 bits per heavy atom. The number of aliphatic carboxylic acids is 1. The van der Waals surface area contributed by atoms with Crippen molar-refractivity contribution in [3.8, 4) is 0 Å². The highest BCUT2D eigenvalue weighted by Gasteiger charge is 2.42. The molecule has 0 bridgehead atoms. The molecule has 0 spiro atoms. The Balaban J connectivity index is 2.05. The predicted molar refractivity (Wildman–Crippen MR) is 78.6 cm³/mol. The summed E-state index contributed by atoms with van der Waals surface area (Å²) in [4.78, 5) is 25.1. The molecule has 0 saturated carbocycles. The van der Waals surface area contributed by atoms with Crippen LogP contribution in [-0.2, 0) is 11.3 Å². The number of carbonyl (C=O) groups excluding carboxylic acids is 1. The standard InChI is InChI=1S/C13H18N4O3S/c1-8(2)11-17(10(7-21-11)12(18)19)13(20)14-6-9-4-3-5-15-16-9/h3-5,8,10-11H,6-7H2,1-2H3,(H,14,20)(H,18,19). The first-order valence-electron chi connectivity index (χ1n) is 6.68. The number of carboxylic acid groups (broad SMARTS) is 1. The number of carbonyl (C=O) groups is 2. The lowest BCUT2D eigenvalue weighted by Crippen LogP contribution is -2.51. The van der Waals surface area contributed by atoms with Crippen LogP contribution >= 0.6 is 11.8 Å². The van der Waals surface area contributed by atoms with Crippen molar-refractivity contribution < 1.29 is 14.7 Å². The van der Waals surface area contributed by atoms with Crippen LogP contribution in [0.15, 0.2) is 18.3 Å². The molecular formula is C13H18N4O3S. The minimum atomic E-state index is -0.972. The summed E-state index contributed by atoms with van der Waals surface area (Å²) in [6.45, 7) is 4.18. The molecule has 8 heteroatoms. The minimum absolute atomic E-state index is 0.132. The van der Waals surface area contributed by atoms with Gasteiger partial charge in [-0.1, -0.05) is 13.8 Å². The first kappa shape index (κ1) is 15.6. The first-order valence-corrected chi connectivity index (χ1v) is 7.72. The number of nitrogens with one attached hydrogen (secondary N) is 1. The normalized spacial score (nSPS) is 21.6. The average Bonchev–Trinajstić information content (AvgIpc) is 2.91. The van der Waals surface area contributed by atoms with Crippen molar-refractivity contribution in [2.24, 2.45) is 5.92 Å². The maximum atomic E-state index is 12.3. The summed E-state index contributed by atoms with van der Waals surface area (Å²) in [5.74, 6) is -0.376. The predicted octanol–water partition coefficient (Wildman–Crippen LogP) is 1.17. The number of thioether (sulfide) groups is 1. The Bertz CT molecular complexity index is 511. The van der Waals surface area contributed by atoms with Crippen molar-refractivity contribution in [3.63, 3.8) is 0 Å². The zero-order chi connectivity index (χ0) is 15.4. The molecule has 0 radical (unpaired) electrons. The minimum Gasteiger partial charge on any atom is -0.480 e. The molecule has 2 rings (SSSR count). The van der Waals surface area contributed by atoms with Crippen molar-refractivity contribution >= 4 is 23.8 Å². The number of urea groups is 1. The van der Waals surface area contributed by atoms with Crippen molar-refractivity contribution in [1.82, 2.24) is 20.4 Å². The molecule has 1 aromatic rings. The Labute approximate surface area is 127 Å². The smallest absolute Gasteiger partial charge is 0.327 e. The molecule has 0 aliphatic carbocycles. The molecule has 114 valence electrons. The summed E-state index contributed by atoms with van der Waals surface area (Å²) < 4.78 is 0. The van der Waals surface area contributed by atoms with Crippen LogP contribution in [0.2, 0.25) is 0 Å². The van der Waals surface area contributed by atoms with Gasteiger partial charge in [-0.3, -0.25) is 4.90 Å². The fourth-order valence-corrected chi connectivity index (χ4v) is 3.64. The van der Waals surface area contributed by atoms with Gasteiger partial charge in [-0.05, 0) is 18.1 Å². The lowest BCUT2D eigenvalue weighted by Gasteiger charge is -2.29. The first-order chi connectivity index (χ1) is 10.0. The summed E-state index contributed by atoms with van der Waals surface area (Å²) in [5.41, 5.74) is 0.630. The maximum Gasteiger partial charge on any atom is 0.327 e. The largest absolute Gasteiger partial charge is 0.480 e. The van der Waals surface area contributed by atoms with E-state index in [0.717, 1.165) is 0 Å². The van der Waals surface area contributed by atoms with Crippen molar-refractivity contribution in [1.29, 1.82) is 0 Å². The Kier molecular flexibility index (Phi) is 5.00. The second kappa shape index (κ2) is 6.75. The van der Waals surface area contributed by atoms with Crippen LogP contribution in [0.25, 0.3) is 0 Å². The van der Waals surface area contributed by atoms with E-state index in [2.05, 4.69) is 15.5 Å². The highest BCUT2D eigenvalue weighted by atomic mass is 32.2. The molecule has 1 aliphatic heterocycles. The average molecular weight is 310 g/mol. The van der Waals surface area contributed by atoms with Gasteiger partial charge in [-0.25, -0.2) is 9.59 Å². The lowest BCUT2D eigenvalue weighted by molar-refractivity contribution is -0.141. The van der Waals surface area contributed by atoms with E-state index < -0.39 is 12.0 Å². The molecule has 2 unspecified atom stereocenters. The summed E-state index contributed by atoms with van der Waals surface area (Å²) >= 11 is 1.50. The van der Waals surface area contributed by atoms with Gasteiger partial charge in [0.25, 0.3) is 0 Å². The zero-order valence-corrected chi connectivity index (χ0v) is 12.7. The van der Waals surface area contributed by atoms with Crippen LogP contribution in [-0.4, -0.2) is 49.4 Å². The number of hydrogen-bond donors (Lipinski definition) is 2. The summed E-state index contributed by atoms with van der Waals surface area (Å²) in [6.07, 6.45) is 1.55. The van der Waals surface area contributed by atoms with E-state index in [1.54, 1.807) is 18.3 Å². The Morgan fingerprint density at radius 2 is 2.33 bits per heavy atom. The lowest BCUT2D eigenvalue weighted by atomic mass is 10.2. The van der Waals surface area contributed by atoms with Gasteiger partial charge in [0, 0.05) is 11.9 Å². The molecule has 21 heavy (non-hydrogen) atoms. The van der Waals surface area contributed by atoms with Gasteiger partial charge in [-0.15, -0.1) is 11.8 Å². The van der Waals surface area contributed by atoms with Crippen LogP contribution in [0.3, 0.4) is 0 Å². The van der Waals surface area contributed by atoms with Gasteiger partial charge < -0.3 is 10.4 Å². The quantitative estimate of drug-likeness (QED) is 0.867. The van der Waals surface area contributed by atoms with Gasteiger partial charge in [0.1, 0.15) is 6.04 Å². The second-order valence-corrected chi connectivity index (χ2v) is 6.25. The van der Waals surface area contributed by atoms with Gasteiger partial charge in [0.2, 0.25) is 0 Å². The number of nitrogens with zero attached hydrogens (tertiary/aromatic N) is 3. The highest BCUT2D eigenvalue weighted by Crippen LogP contribution is 2.34. The van der Waals surface area contributed by atoms with Gasteiger partial charge in [0.05, 0.1) is 17.6 Å².